The highest BCUT2D eigenvalue weighted by atomic mass is 32.2. The van der Waals surface area contributed by atoms with Gasteiger partial charge in [0, 0.05) is 18.7 Å². The Morgan fingerprint density at radius 1 is 0.920 bits per heavy atom. The van der Waals surface area contributed by atoms with Gasteiger partial charge in [-0.3, -0.25) is 0 Å². The maximum atomic E-state index is 12.6. The molecule has 1 aliphatic rings. The molecular formula is C18H15N3O3S. The first kappa shape index (κ1) is 17.1. The van der Waals surface area contributed by atoms with Crippen molar-refractivity contribution in [2.24, 2.45) is 0 Å². The van der Waals surface area contributed by atoms with E-state index in [2.05, 4.69) is 12.1 Å². The van der Waals surface area contributed by atoms with Gasteiger partial charge < -0.3 is 4.74 Å². The molecule has 0 bridgehead atoms. The van der Waals surface area contributed by atoms with Crippen LogP contribution in [-0.2, 0) is 14.8 Å². The average Bonchev–Trinajstić information content (AvgIpc) is 2.68. The molecule has 0 aliphatic carbocycles. The molecule has 25 heavy (non-hydrogen) atoms. The summed E-state index contributed by atoms with van der Waals surface area (Å²) in [5.41, 5.74) is 1.91. The van der Waals surface area contributed by atoms with Crippen LogP contribution in [0.4, 0.5) is 0 Å². The van der Waals surface area contributed by atoms with Gasteiger partial charge in [0.15, 0.2) is 0 Å². The van der Waals surface area contributed by atoms with Gasteiger partial charge in [-0.1, -0.05) is 18.2 Å². The van der Waals surface area contributed by atoms with E-state index in [-0.39, 0.29) is 4.90 Å². The number of ether oxygens (including phenoxy) is 1. The summed E-state index contributed by atoms with van der Waals surface area (Å²) in [4.78, 5) is 0.186. The second-order valence-corrected chi connectivity index (χ2v) is 7.43. The largest absolute Gasteiger partial charge is 0.379 e. The monoisotopic (exact) mass is 353 g/mol. The molecule has 0 aromatic heterocycles. The van der Waals surface area contributed by atoms with E-state index in [1.54, 1.807) is 30.3 Å². The molecule has 0 saturated carbocycles. The number of hydrogen-bond donors (Lipinski definition) is 0. The molecule has 126 valence electrons. The Balaban J connectivity index is 1.99. The fourth-order valence-corrected chi connectivity index (χ4v) is 4.19. The number of benzene rings is 2. The molecular weight excluding hydrogens is 338 g/mol. The van der Waals surface area contributed by atoms with Gasteiger partial charge in [0.05, 0.1) is 41.4 Å². The van der Waals surface area contributed by atoms with Crippen LogP contribution in [0.5, 0.6) is 0 Å². The molecule has 2 aromatic rings. The molecule has 6 nitrogen and oxygen atoms in total. The zero-order valence-electron chi connectivity index (χ0n) is 13.3. The number of sulfonamides is 1. The third-order valence-corrected chi connectivity index (χ3v) is 5.97. The first-order valence-corrected chi connectivity index (χ1v) is 9.13. The van der Waals surface area contributed by atoms with Crippen molar-refractivity contribution in [3.8, 4) is 23.3 Å². The summed E-state index contributed by atoms with van der Waals surface area (Å²) in [6.45, 7) is 1.44. The molecule has 0 unspecified atom stereocenters. The Morgan fingerprint density at radius 2 is 1.48 bits per heavy atom. The van der Waals surface area contributed by atoms with Crippen molar-refractivity contribution < 1.29 is 13.2 Å². The molecule has 2 aromatic carbocycles. The van der Waals surface area contributed by atoms with E-state index in [0.29, 0.717) is 48.6 Å². The zero-order valence-corrected chi connectivity index (χ0v) is 14.2. The third kappa shape index (κ3) is 3.26. The Hall–Kier alpha value is -2.71. The predicted octanol–water partition coefficient (Wildman–Crippen LogP) is 2.12. The highest BCUT2D eigenvalue weighted by Crippen LogP contribution is 2.29. The smallest absolute Gasteiger partial charge is 0.243 e. The summed E-state index contributed by atoms with van der Waals surface area (Å²) in [5, 5.41) is 18.6. The second kappa shape index (κ2) is 7.04. The van der Waals surface area contributed by atoms with Gasteiger partial charge in [0.1, 0.15) is 0 Å². The van der Waals surface area contributed by atoms with E-state index in [9.17, 15) is 18.9 Å². The maximum Gasteiger partial charge on any atom is 0.243 e. The van der Waals surface area contributed by atoms with Crippen molar-refractivity contribution in [3.63, 3.8) is 0 Å². The first-order valence-electron chi connectivity index (χ1n) is 7.69. The van der Waals surface area contributed by atoms with Gasteiger partial charge in [0.2, 0.25) is 10.0 Å². The Bertz CT molecular complexity index is 932. The van der Waals surface area contributed by atoms with E-state index >= 15 is 0 Å². The molecule has 7 heteroatoms. The molecule has 0 radical (unpaired) electrons. The van der Waals surface area contributed by atoms with Crippen LogP contribution in [0, 0.1) is 22.7 Å². The summed E-state index contributed by atoms with van der Waals surface area (Å²) in [6.07, 6.45) is 0. The maximum absolute atomic E-state index is 12.6. The number of morpholine rings is 1. The van der Waals surface area contributed by atoms with Crippen LogP contribution in [0.15, 0.2) is 47.4 Å². The van der Waals surface area contributed by atoms with Crippen LogP contribution in [-0.4, -0.2) is 39.0 Å². The molecule has 0 amide bonds. The summed E-state index contributed by atoms with van der Waals surface area (Å²) >= 11 is 0. The molecule has 0 atom stereocenters. The van der Waals surface area contributed by atoms with E-state index in [1.165, 1.54) is 16.4 Å². The van der Waals surface area contributed by atoms with Crippen molar-refractivity contribution in [2.75, 3.05) is 26.3 Å². The van der Waals surface area contributed by atoms with Gasteiger partial charge in [0.25, 0.3) is 0 Å². The molecule has 1 heterocycles. The first-order chi connectivity index (χ1) is 12.1. The normalized spacial score (nSPS) is 15.3. The minimum absolute atomic E-state index is 0.186. The van der Waals surface area contributed by atoms with Crippen molar-refractivity contribution in [1.82, 2.24) is 4.31 Å². The zero-order chi connectivity index (χ0) is 17.9. The lowest BCUT2D eigenvalue weighted by Gasteiger charge is -2.26. The van der Waals surface area contributed by atoms with Crippen LogP contribution in [0.2, 0.25) is 0 Å². The van der Waals surface area contributed by atoms with E-state index in [4.69, 9.17) is 4.74 Å². The summed E-state index contributed by atoms with van der Waals surface area (Å²) in [5.74, 6) is 0. The lowest BCUT2D eigenvalue weighted by atomic mass is 9.95. The van der Waals surface area contributed by atoms with Crippen LogP contribution >= 0.6 is 0 Å². The molecule has 0 spiro atoms. The molecule has 1 fully saturated rings. The average molecular weight is 353 g/mol. The van der Waals surface area contributed by atoms with Crippen molar-refractivity contribution in [2.45, 2.75) is 4.90 Å². The van der Waals surface area contributed by atoms with Gasteiger partial charge >= 0.3 is 0 Å². The van der Waals surface area contributed by atoms with E-state index < -0.39 is 10.0 Å². The number of nitrogens with zero attached hydrogens (tertiary/aromatic N) is 3. The number of hydrogen-bond acceptors (Lipinski definition) is 5. The fraction of sp³-hybridized carbons (Fsp3) is 0.222. The summed E-state index contributed by atoms with van der Waals surface area (Å²) < 4.78 is 31.9. The van der Waals surface area contributed by atoms with Crippen LogP contribution in [0.1, 0.15) is 11.1 Å². The van der Waals surface area contributed by atoms with Gasteiger partial charge in [-0.05, 0) is 29.8 Å². The Labute approximate surface area is 146 Å². The highest BCUT2D eigenvalue weighted by molar-refractivity contribution is 7.89. The van der Waals surface area contributed by atoms with E-state index in [0.717, 1.165) is 0 Å². The topological polar surface area (TPSA) is 94.2 Å². The molecule has 1 saturated heterocycles. The van der Waals surface area contributed by atoms with Gasteiger partial charge in [-0.2, -0.15) is 14.8 Å². The molecule has 3 rings (SSSR count). The van der Waals surface area contributed by atoms with E-state index in [1.807, 2.05) is 0 Å². The minimum Gasteiger partial charge on any atom is -0.379 e. The van der Waals surface area contributed by atoms with Gasteiger partial charge in [-0.25, -0.2) is 8.42 Å². The highest BCUT2D eigenvalue weighted by Gasteiger charge is 2.26. The van der Waals surface area contributed by atoms with Crippen LogP contribution < -0.4 is 0 Å². The summed E-state index contributed by atoms with van der Waals surface area (Å²) in [7, 11) is -3.57. The lowest BCUT2D eigenvalue weighted by Crippen LogP contribution is -2.40. The SMILES string of the molecule is N#Cc1cccc(C#N)c1-c1ccc(S(=O)(=O)N2CCOCC2)cc1. The Kier molecular flexibility index (Phi) is 4.82. The predicted molar refractivity (Wildman–Crippen MR) is 90.9 cm³/mol. The van der Waals surface area contributed by atoms with Crippen molar-refractivity contribution in [3.05, 3.63) is 53.6 Å². The van der Waals surface area contributed by atoms with Crippen molar-refractivity contribution in [1.29, 1.82) is 10.5 Å². The number of nitriles is 2. The quantitative estimate of drug-likeness (QED) is 0.842. The molecule has 1 aliphatic heterocycles. The molecule has 0 N–H and O–H groups in total. The fourth-order valence-electron chi connectivity index (χ4n) is 2.78. The minimum atomic E-state index is -3.57. The Morgan fingerprint density at radius 3 is 2.00 bits per heavy atom. The lowest BCUT2D eigenvalue weighted by molar-refractivity contribution is 0.0730. The standard InChI is InChI=1S/C18H15N3O3S/c19-12-15-2-1-3-16(13-20)18(15)14-4-6-17(7-5-14)25(22,23)21-8-10-24-11-9-21/h1-7H,8-11H2. The van der Waals surface area contributed by atoms with Crippen molar-refractivity contribution >= 4 is 10.0 Å². The van der Waals surface area contributed by atoms with Crippen LogP contribution in [0.25, 0.3) is 11.1 Å². The summed E-state index contributed by atoms with van der Waals surface area (Å²) in [6, 6.07) is 15.3. The third-order valence-electron chi connectivity index (χ3n) is 4.06. The van der Waals surface area contributed by atoms with Crippen LogP contribution in [0.3, 0.4) is 0 Å². The second-order valence-electron chi connectivity index (χ2n) is 5.49. The van der Waals surface area contributed by atoms with Gasteiger partial charge in [-0.15, -0.1) is 0 Å². The number of rotatable bonds is 3.